The molecule has 0 saturated heterocycles. The number of benzene rings is 1. The van der Waals surface area contributed by atoms with Gasteiger partial charge in [0.05, 0.1) is 11.3 Å². The van der Waals surface area contributed by atoms with Gasteiger partial charge in [-0.05, 0) is 31.0 Å². The van der Waals surface area contributed by atoms with Gasteiger partial charge in [0, 0.05) is 47.5 Å². The number of fused-ring (bicyclic) bond motifs is 1. The Kier molecular flexibility index (Phi) is 5.18. The summed E-state index contributed by atoms with van der Waals surface area (Å²) < 4.78 is 1.92. The molecule has 3 aromatic heterocycles. The number of halogens is 1. The molecule has 0 bridgehead atoms. The number of nitrogens with zero attached hydrogens (tertiary/aromatic N) is 5. The zero-order valence-corrected chi connectivity index (χ0v) is 15.8. The molecule has 0 saturated carbocycles. The molecule has 1 aromatic carbocycles. The number of anilines is 1. The lowest BCUT2D eigenvalue weighted by molar-refractivity contribution is 0.825. The molecule has 28 heavy (non-hydrogen) atoms. The second-order valence-corrected chi connectivity index (χ2v) is 6.69. The summed E-state index contributed by atoms with van der Waals surface area (Å²) in [6.07, 6.45) is 6.93. The van der Waals surface area contributed by atoms with Crippen LogP contribution in [-0.4, -0.2) is 25.9 Å². The highest BCUT2D eigenvalue weighted by Gasteiger charge is 2.10. The molecule has 1 N–H and O–H groups in total. The topological polar surface area (TPSA) is 78.9 Å². The van der Waals surface area contributed by atoms with Crippen molar-refractivity contribution in [3.8, 4) is 17.3 Å². The van der Waals surface area contributed by atoms with Crippen LogP contribution in [-0.2, 0) is 6.42 Å². The predicted octanol–water partition coefficient (Wildman–Crippen LogP) is 4.36. The second-order valence-electron chi connectivity index (χ2n) is 6.28. The number of aryl methyl sites for hydroxylation is 1. The number of hydrogen-bond acceptors (Lipinski definition) is 5. The van der Waals surface area contributed by atoms with Crippen molar-refractivity contribution in [2.24, 2.45) is 0 Å². The van der Waals surface area contributed by atoms with Gasteiger partial charge in [0.25, 0.3) is 0 Å². The molecule has 6 nitrogen and oxygen atoms in total. The summed E-state index contributed by atoms with van der Waals surface area (Å²) in [7, 11) is 0. The zero-order valence-electron chi connectivity index (χ0n) is 15.0. The fourth-order valence-electron chi connectivity index (χ4n) is 2.96. The van der Waals surface area contributed by atoms with Gasteiger partial charge in [-0.15, -0.1) is 0 Å². The third kappa shape index (κ3) is 3.80. The van der Waals surface area contributed by atoms with Gasteiger partial charge in [0.15, 0.2) is 0 Å². The summed E-state index contributed by atoms with van der Waals surface area (Å²) in [5.74, 6) is 0.720. The average molecular weight is 389 g/mol. The van der Waals surface area contributed by atoms with Crippen LogP contribution in [0.1, 0.15) is 17.7 Å². The van der Waals surface area contributed by atoms with Crippen molar-refractivity contribution >= 4 is 23.2 Å². The van der Waals surface area contributed by atoms with E-state index in [-0.39, 0.29) is 0 Å². The number of aromatic nitrogens is 4. The molecule has 7 heteroatoms. The van der Waals surface area contributed by atoms with Crippen LogP contribution < -0.4 is 5.32 Å². The molecule has 3 heterocycles. The summed E-state index contributed by atoms with van der Waals surface area (Å²) in [6, 6.07) is 15.3. The molecule has 138 valence electrons. The zero-order chi connectivity index (χ0) is 19.3. The molecule has 0 spiro atoms. The van der Waals surface area contributed by atoms with E-state index in [0.29, 0.717) is 10.6 Å². The molecular formula is C21H17ClN6. The fourth-order valence-corrected chi connectivity index (χ4v) is 3.20. The number of nitriles is 1. The van der Waals surface area contributed by atoms with E-state index >= 15 is 0 Å². The smallest absolute Gasteiger partial charge is 0.209 e. The number of rotatable bonds is 6. The predicted molar refractivity (Wildman–Crippen MR) is 109 cm³/mol. The van der Waals surface area contributed by atoms with Crippen LogP contribution in [0.25, 0.3) is 16.9 Å². The molecule has 4 rings (SSSR count). The van der Waals surface area contributed by atoms with E-state index in [2.05, 4.69) is 21.4 Å². The molecule has 0 aliphatic heterocycles. The van der Waals surface area contributed by atoms with Gasteiger partial charge in [0.2, 0.25) is 5.95 Å². The molecule has 0 radical (unpaired) electrons. The van der Waals surface area contributed by atoms with Gasteiger partial charge in [-0.3, -0.25) is 9.38 Å². The molecule has 0 aliphatic rings. The SMILES string of the molecule is N#Cc1ccc(CCCNc2nc(-c3ccccc3Cl)cc3nccn23)nc1. The lowest BCUT2D eigenvalue weighted by Crippen LogP contribution is -2.09. The first-order valence-corrected chi connectivity index (χ1v) is 9.30. The van der Waals surface area contributed by atoms with Gasteiger partial charge >= 0.3 is 0 Å². The Morgan fingerprint density at radius 2 is 2.04 bits per heavy atom. The number of imidazole rings is 1. The van der Waals surface area contributed by atoms with E-state index in [1.165, 1.54) is 0 Å². The van der Waals surface area contributed by atoms with Crippen molar-refractivity contribution in [2.75, 3.05) is 11.9 Å². The Labute approximate surface area is 167 Å². The molecular weight excluding hydrogens is 372 g/mol. The van der Waals surface area contributed by atoms with Crippen molar-refractivity contribution < 1.29 is 0 Å². The second kappa shape index (κ2) is 8.07. The van der Waals surface area contributed by atoms with Crippen LogP contribution in [0.4, 0.5) is 5.95 Å². The third-order valence-corrected chi connectivity index (χ3v) is 4.72. The molecule has 0 atom stereocenters. The van der Waals surface area contributed by atoms with E-state index in [1.807, 2.05) is 47.0 Å². The Morgan fingerprint density at radius 3 is 2.82 bits per heavy atom. The van der Waals surface area contributed by atoms with Gasteiger partial charge in [-0.1, -0.05) is 29.8 Å². The van der Waals surface area contributed by atoms with E-state index in [0.717, 1.165) is 47.9 Å². The third-order valence-electron chi connectivity index (χ3n) is 4.39. The Bertz CT molecular complexity index is 1140. The highest BCUT2D eigenvalue weighted by molar-refractivity contribution is 6.33. The highest BCUT2D eigenvalue weighted by Crippen LogP contribution is 2.28. The molecule has 0 unspecified atom stereocenters. The lowest BCUT2D eigenvalue weighted by atomic mass is 10.1. The van der Waals surface area contributed by atoms with Crippen LogP contribution in [0.15, 0.2) is 61.1 Å². The van der Waals surface area contributed by atoms with Gasteiger partial charge in [0.1, 0.15) is 11.7 Å². The monoisotopic (exact) mass is 388 g/mol. The highest BCUT2D eigenvalue weighted by atomic mass is 35.5. The number of pyridine rings is 1. The first-order valence-electron chi connectivity index (χ1n) is 8.92. The van der Waals surface area contributed by atoms with Crippen LogP contribution in [0.5, 0.6) is 0 Å². The van der Waals surface area contributed by atoms with Crippen LogP contribution in [0, 0.1) is 11.3 Å². The van der Waals surface area contributed by atoms with Gasteiger partial charge < -0.3 is 5.32 Å². The Balaban J connectivity index is 1.49. The van der Waals surface area contributed by atoms with Crippen molar-refractivity contribution in [3.63, 3.8) is 0 Å². The summed E-state index contributed by atoms with van der Waals surface area (Å²) >= 11 is 6.34. The largest absolute Gasteiger partial charge is 0.355 e. The standard InChI is InChI=1S/C21H17ClN6/c22-18-6-2-1-5-17(18)19-12-20-24-10-11-28(20)21(27-19)25-9-3-4-16-8-7-15(13-23)14-26-16/h1-2,5-8,10-12,14H,3-4,9H2,(H,25,27). The molecule has 0 amide bonds. The molecule has 0 aliphatic carbocycles. The minimum absolute atomic E-state index is 0.574. The lowest BCUT2D eigenvalue weighted by Gasteiger charge is -2.11. The number of nitrogens with one attached hydrogen (secondary N) is 1. The van der Waals surface area contributed by atoms with Crippen LogP contribution in [0.2, 0.25) is 5.02 Å². The van der Waals surface area contributed by atoms with Gasteiger partial charge in [-0.2, -0.15) is 5.26 Å². The summed E-state index contributed by atoms with van der Waals surface area (Å²) in [5, 5.41) is 12.9. The van der Waals surface area contributed by atoms with E-state index < -0.39 is 0 Å². The van der Waals surface area contributed by atoms with Crippen molar-refractivity contribution in [3.05, 3.63) is 77.3 Å². The maximum absolute atomic E-state index is 8.84. The summed E-state index contributed by atoms with van der Waals surface area (Å²) in [4.78, 5) is 13.4. The number of hydrogen-bond donors (Lipinski definition) is 1. The minimum atomic E-state index is 0.574. The fraction of sp³-hybridized carbons (Fsp3) is 0.143. The van der Waals surface area contributed by atoms with E-state index in [1.54, 1.807) is 18.5 Å². The quantitative estimate of drug-likeness (QED) is 0.496. The van der Waals surface area contributed by atoms with Crippen LogP contribution >= 0.6 is 11.6 Å². The van der Waals surface area contributed by atoms with Crippen molar-refractivity contribution in [2.45, 2.75) is 12.8 Å². The normalized spacial score (nSPS) is 10.7. The van der Waals surface area contributed by atoms with E-state index in [9.17, 15) is 0 Å². The minimum Gasteiger partial charge on any atom is -0.355 e. The first kappa shape index (κ1) is 18.0. The molecule has 4 aromatic rings. The van der Waals surface area contributed by atoms with Gasteiger partial charge in [-0.25, -0.2) is 9.97 Å². The summed E-state index contributed by atoms with van der Waals surface area (Å²) in [5.41, 5.74) is 4.00. The maximum Gasteiger partial charge on any atom is 0.209 e. The molecule has 0 fully saturated rings. The van der Waals surface area contributed by atoms with Crippen molar-refractivity contribution in [1.29, 1.82) is 5.26 Å². The summed E-state index contributed by atoms with van der Waals surface area (Å²) in [6.45, 7) is 0.730. The average Bonchev–Trinajstić information content (AvgIpc) is 3.21. The first-order chi connectivity index (χ1) is 13.7. The Morgan fingerprint density at radius 1 is 1.14 bits per heavy atom. The maximum atomic E-state index is 8.84. The van der Waals surface area contributed by atoms with Crippen LogP contribution in [0.3, 0.4) is 0 Å². The van der Waals surface area contributed by atoms with Crippen molar-refractivity contribution in [1.82, 2.24) is 19.4 Å². The van der Waals surface area contributed by atoms with E-state index in [4.69, 9.17) is 21.8 Å². The Hall–Kier alpha value is -3.43.